The van der Waals surface area contributed by atoms with Crippen molar-refractivity contribution in [3.8, 4) is 6.07 Å². The number of nitrogens with zero attached hydrogens (tertiary/aromatic N) is 4. The molecule has 4 saturated heterocycles. The standard InChI is InChI=1S/C25H28F3N5O5/c1-23-13-32(22(36)37-10-9-31-7-5-30-6-8-31)14-24(2,38-23)19-18(23)20(34)33(21(19)35)16-4-3-15(12-29)17(11-16)25(26,27)28/h3-4,11,18-19,30H,5-10,13-14H2,1-2H3/t18-,19+,23-,24+. The SMILES string of the molecule is C[C@]12CN(C(=O)OCCN3CCNCC3)C[C@](C)(O1)[C@@H]1C(=O)N(c3ccc(C#N)c(C(F)(F)F)c3)C(=O)[C@@H]12. The van der Waals surface area contributed by atoms with Gasteiger partial charge in [0, 0.05) is 32.7 Å². The van der Waals surface area contributed by atoms with Crippen LogP contribution in [-0.4, -0.2) is 91.3 Å². The molecule has 4 atom stereocenters. The predicted octanol–water partition coefficient (Wildman–Crippen LogP) is 1.59. The average molecular weight is 536 g/mol. The van der Waals surface area contributed by atoms with Crippen molar-refractivity contribution in [2.45, 2.75) is 31.2 Å². The van der Waals surface area contributed by atoms with E-state index in [4.69, 9.17) is 14.7 Å². The van der Waals surface area contributed by atoms with E-state index in [1.54, 1.807) is 13.8 Å². The lowest BCUT2D eigenvalue weighted by Gasteiger charge is -2.44. The topological polar surface area (TPSA) is 115 Å². The number of amides is 3. The Kier molecular flexibility index (Phi) is 6.40. The molecule has 2 bridgehead atoms. The third kappa shape index (κ3) is 4.30. The molecule has 4 fully saturated rings. The molecule has 38 heavy (non-hydrogen) atoms. The van der Waals surface area contributed by atoms with Crippen LogP contribution in [0.15, 0.2) is 18.2 Å². The molecular formula is C25H28F3N5O5. The van der Waals surface area contributed by atoms with Crippen molar-refractivity contribution in [1.82, 2.24) is 15.1 Å². The number of imide groups is 1. The summed E-state index contributed by atoms with van der Waals surface area (Å²) in [5.41, 5.74) is -4.56. The molecule has 13 heteroatoms. The van der Waals surface area contributed by atoms with E-state index in [0.29, 0.717) is 12.6 Å². The first-order valence-electron chi connectivity index (χ1n) is 12.4. The number of morpholine rings is 1. The maximum absolute atomic E-state index is 13.6. The number of ether oxygens (including phenoxy) is 2. The molecule has 0 aromatic heterocycles. The fourth-order valence-electron chi connectivity index (χ4n) is 6.31. The molecule has 4 heterocycles. The highest BCUT2D eigenvalue weighted by molar-refractivity contribution is 6.23. The molecule has 0 saturated carbocycles. The van der Waals surface area contributed by atoms with E-state index in [1.807, 2.05) is 0 Å². The quantitative estimate of drug-likeness (QED) is 0.579. The van der Waals surface area contributed by atoms with Crippen LogP contribution in [0.4, 0.5) is 23.7 Å². The number of nitriles is 1. The van der Waals surface area contributed by atoms with Gasteiger partial charge in [0.2, 0.25) is 11.8 Å². The van der Waals surface area contributed by atoms with Crippen LogP contribution in [0.25, 0.3) is 0 Å². The van der Waals surface area contributed by atoms with Gasteiger partial charge in [0.1, 0.15) is 6.61 Å². The second-order valence-corrected chi connectivity index (χ2v) is 10.6. The number of anilines is 1. The molecular weight excluding hydrogens is 507 g/mol. The molecule has 3 amide bonds. The van der Waals surface area contributed by atoms with E-state index in [9.17, 15) is 27.6 Å². The molecule has 0 unspecified atom stereocenters. The van der Waals surface area contributed by atoms with E-state index in [2.05, 4.69) is 10.2 Å². The van der Waals surface area contributed by atoms with Gasteiger partial charge in [0.15, 0.2) is 0 Å². The second kappa shape index (κ2) is 9.21. The minimum absolute atomic E-state index is 0.00967. The molecule has 0 aliphatic carbocycles. The zero-order valence-corrected chi connectivity index (χ0v) is 21.0. The Bertz CT molecular complexity index is 1180. The predicted molar refractivity (Wildman–Crippen MR) is 126 cm³/mol. The first-order chi connectivity index (χ1) is 17.9. The molecule has 10 nitrogen and oxygen atoms in total. The third-order valence-corrected chi connectivity index (χ3v) is 7.89. The molecule has 1 N–H and O–H groups in total. The first kappa shape index (κ1) is 26.4. The summed E-state index contributed by atoms with van der Waals surface area (Å²) in [5.74, 6) is -3.39. The molecule has 5 rings (SSSR count). The summed E-state index contributed by atoms with van der Waals surface area (Å²) in [6.45, 7) is 7.49. The van der Waals surface area contributed by atoms with Crippen LogP contribution in [-0.2, 0) is 25.2 Å². The molecule has 0 spiro atoms. The van der Waals surface area contributed by atoms with Crippen LogP contribution < -0.4 is 10.2 Å². The zero-order valence-electron chi connectivity index (χ0n) is 21.0. The van der Waals surface area contributed by atoms with E-state index in [1.165, 1.54) is 11.0 Å². The number of benzene rings is 1. The monoisotopic (exact) mass is 535 g/mol. The van der Waals surface area contributed by atoms with Crippen LogP contribution in [0.2, 0.25) is 0 Å². The molecule has 1 aromatic carbocycles. The van der Waals surface area contributed by atoms with Gasteiger partial charge in [0.05, 0.1) is 59.0 Å². The number of carbonyl (C=O) groups excluding carboxylic acids is 3. The van der Waals surface area contributed by atoms with Gasteiger partial charge in [-0.05, 0) is 32.0 Å². The smallest absolute Gasteiger partial charge is 0.417 e. The lowest BCUT2D eigenvalue weighted by Crippen LogP contribution is -2.59. The zero-order chi connectivity index (χ0) is 27.5. The van der Waals surface area contributed by atoms with Gasteiger partial charge in [-0.15, -0.1) is 0 Å². The highest BCUT2D eigenvalue weighted by atomic mass is 19.4. The number of likely N-dealkylation sites (tertiary alicyclic amines) is 1. The highest BCUT2D eigenvalue weighted by Gasteiger charge is 2.72. The van der Waals surface area contributed by atoms with Gasteiger partial charge in [-0.1, -0.05) is 0 Å². The van der Waals surface area contributed by atoms with Crippen LogP contribution in [0.1, 0.15) is 25.0 Å². The summed E-state index contributed by atoms with van der Waals surface area (Å²) in [6, 6.07) is 4.25. The molecule has 4 aliphatic heterocycles. The number of carbonyl (C=O) groups is 3. The third-order valence-electron chi connectivity index (χ3n) is 7.89. The Labute approximate surface area is 217 Å². The highest BCUT2D eigenvalue weighted by Crippen LogP contribution is 2.55. The summed E-state index contributed by atoms with van der Waals surface area (Å²) in [7, 11) is 0. The molecule has 204 valence electrons. The van der Waals surface area contributed by atoms with Crippen molar-refractivity contribution in [1.29, 1.82) is 5.26 Å². The Morgan fingerprint density at radius 1 is 1.16 bits per heavy atom. The summed E-state index contributed by atoms with van der Waals surface area (Å²) in [5, 5.41) is 12.3. The van der Waals surface area contributed by atoms with Gasteiger partial charge >= 0.3 is 12.3 Å². The van der Waals surface area contributed by atoms with Crippen LogP contribution in [0.5, 0.6) is 0 Å². The summed E-state index contributed by atoms with van der Waals surface area (Å²) in [6.07, 6.45) is -5.41. The van der Waals surface area contributed by atoms with Gasteiger partial charge in [0.25, 0.3) is 0 Å². The van der Waals surface area contributed by atoms with E-state index >= 15 is 0 Å². The number of hydrogen-bond acceptors (Lipinski definition) is 8. The first-order valence-corrected chi connectivity index (χ1v) is 12.4. The van der Waals surface area contributed by atoms with Crippen molar-refractivity contribution in [2.24, 2.45) is 11.8 Å². The Morgan fingerprint density at radius 2 is 1.76 bits per heavy atom. The molecule has 4 aliphatic rings. The number of fused-ring (bicyclic) bond motifs is 5. The van der Waals surface area contributed by atoms with Gasteiger partial charge in [-0.3, -0.25) is 14.5 Å². The van der Waals surface area contributed by atoms with Gasteiger partial charge in [-0.25, -0.2) is 9.69 Å². The Morgan fingerprint density at radius 3 is 2.32 bits per heavy atom. The maximum atomic E-state index is 13.6. The van der Waals surface area contributed by atoms with E-state index in [0.717, 1.165) is 43.2 Å². The molecule has 0 radical (unpaired) electrons. The number of hydrogen-bond donors (Lipinski definition) is 1. The van der Waals surface area contributed by atoms with Crippen molar-refractivity contribution in [2.75, 3.05) is 57.3 Å². The Balaban J connectivity index is 1.35. The summed E-state index contributed by atoms with van der Waals surface area (Å²) in [4.78, 5) is 44.4. The largest absolute Gasteiger partial charge is 0.448 e. The number of alkyl halides is 3. The lowest BCUT2D eigenvalue weighted by atomic mass is 9.79. The van der Waals surface area contributed by atoms with Crippen LogP contribution >= 0.6 is 0 Å². The second-order valence-electron chi connectivity index (χ2n) is 10.6. The number of rotatable bonds is 4. The van der Waals surface area contributed by atoms with Crippen molar-refractivity contribution >= 4 is 23.6 Å². The van der Waals surface area contributed by atoms with Gasteiger partial charge in [-0.2, -0.15) is 18.4 Å². The molecule has 1 aromatic rings. The normalized spacial score (nSPS) is 31.4. The average Bonchev–Trinajstić information content (AvgIpc) is 3.23. The van der Waals surface area contributed by atoms with Gasteiger partial charge < -0.3 is 19.7 Å². The number of piperazine rings is 1. The number of halogens is 3. The fraction of sp³-hybridized carbons (Fsp3) is 0.600. The Hall–Kier alpha value is -3.21. The van der Waals surface area contributed by atoms with Crippen LogP contribution in [0.3, 0.4) is 0 Å². The van der Waals surface area contributed by atoms with Crippen LogP contribution in [0, 0.1) is 23.2 Å². The fourth-order valence-corrected chi connectivity index (χ4v) is 6.31. The van der Waals surface area contributed by atoms with Crippen molar-refractivity contribution in [3.63, 3.8) is 0 Å². The van der Waals surface area contributed by atoms with E-state index in [-0.39, 0.29) is 25.4 Å². The van der Waals surface area contributed by atoms with Crippen molar-refractivity contribution < 1.29 is 37.0 Å². The lowest BCUT2D eigenvalue weighted by molar-refractivity contribution is -0.164. The minimum Gasteiger partial charge on any atom is -0.448 e. The number of nitrogens with one attached hydrogen (secondary N) is 1. The summed E-state index contributed by atoms with van der Waals surface area (Å²) < 4.78 is 52.3. The maximum Gasteiger partial charge on any atom is 0.417 e. The van der Waals surface area contributed by atoms with E-state index < -0.39 is 58.2 Å². The summed E-state index contributed by atoms with van der Waals surface area (Å²) >= 11 is 0. The van der Waals surface area contributed by atoms with Crippen molar-refractivity contribution in [3.05, 3.63) is 29.3 Å². The minimum atomic E-state index is -4.84.